The maximum Gasteiger partial charge on any atom is 0.224 e. The number of carbonyl (C=O) groups excluding carboxylic acids is 1. The second-order valence-corrected chi connectivity index (χ2v) is 7.21. The highest BCUT2D eigenvalue weighted by molar-refractivity contribution is 7.10. The molecule has 1 amide bonds. The van der Waals surface area contributed by atoms with Gasteiger partial charge in [-0.2, -0.15) is 0 Å². The first-order valence-corrected chi connectivity index (χ1v) is 9.03. The third-order valence-corrected chi connectivity index (χ3v) is 5.87. The van der Waals surface area contributed by atoms with Gasteiger partial charge in [-0.15, -0.1) is 11.3 Å². The minimum absolute atomic E-state index is 0.0954. The molecule has 122 valence electrons. The predicted molar refractivity (Wildman–Crippen MR) is 94.2 cm³/mol. The Morgan fingerprint density at radius 2 is 1.96 bits per heavy atom. The van der Waals surface area contributed by atoms with Crippen LogP contribution in [0.1, 0.15) is 36.1 Å². The molecule has 1 aliphatic rings. The lowest BCUT2D eigenvalue weighted by Crippen LogP contribution is -2.39. The molecule has 4 heteroatoms. The van der Waals surface area contributed by atoms with Crippen LogP contribution in [-0.4, -0.2) is 19.6 Å². The molecule has 0 saturated heterocycles. The van der Waals surface area contributed by atoms with Crippen LogP contribution in [0.2, 0.25) is 0 Å². The fourth-order valence-corrected chi connectivity index (χ4v) is 4.39. The van der Waals surface area contributed by atoms with E-state index in [1.807, 2.05) is 35.6 Å². The van der Waals surface area contributed by atoms with Gasteiger partial charge in [0, 0.05) is 16.8 Å². The fraction of sp³-hybridized carbons (Fsp3) is 0.421. The summed E-state index contributed by atoms with van der Waals surface area (Å²) in [6.07, 6.45) is 5.29. The Morgan fingerprint density at radius 3 is 2.57 bits per heavy atom. The number of hydrogen-bond donors (Lipinski definition) is 1. The van der Waals surface area contributed by atoms with E-state index in [0.717, 1.165) is 17.9 Å². The van der Waals surface area contributed by atoms with Gasteiger partial charge in [0.05, 0.1) is 13.5 Å². The lowest BCUT2D eigenvalue weighted by molar-refractivity contribution is -0.120. The minimum atomic E-state index is 0.0954. The van der Waals surface area contributed by atoms with Crippen molar-refractivity contribution in [3.63, 3.8) is 0 Å². The average molecular weight is 329 g/mol. The predicted octanol–water partition coefficient (Wildman–Crippen LogP) is 3.93. The summed E-state index contributed by atoms with van der Waals surface area (Å²) in [5.41, 5.74) is 1.17. The fourth-order valence-electron chi connectivity index (χ4n) is 3.40. The summed E-state index contributed by atoms with van der Waals surface area (Å²) < 4.78 is 5.14. The number of amides is 1. The highest BCUT2D eigenvalue weighted by atomic mass is 32.1. The summed E-state index contributed by atoms with van der Waals surface area (Å²) in [7, 11) is 1.65. The van der Waals surface area contributed by atoms with Crippen LogP contribution in [0.4, 0.5) is 0 Å². The summed E-state index contributed by atoms with van der Waals surface area (Å²) in [6, 6.07) is 12.0. The van der Waals surface area contributed by atoms with Crippen LogP contribution < -0.4 is 10.1 Å². The molecule has 1 fully saturated rings. The molecular weight excluding hydrogens is 306 g/mol. The van der Waals surface area contributed by atoms with E-state index >= 15 is 0 Å². The monoisotopic (exact) mass is 329 g/mol. The Hall–Kier alpha value is -1.81. The van der Waals surface area contributed by atoms with Crippen LogP contribution in [0.5, 0.6) is 5.75 Å². The van der Waals surface area contributed by atoms with Gasteiger partial charge in [-0.25, -0.2) is 0 Å². The van der Waals surface area contributed by atoms with Gasteiger partial charge in [0.15, 0.2) is 0 Å². The molecule has 0 radical (unpaired) electrons. The number of rotatable bonds is 6. The molecule has 0 bridgehead atoms. The molecule has 3 rings (SSSR count). The van der Waals surface area contributed by atoms with E-state index < -0.39 is 0 Å². The molecule has 0 unspecified atom stereocenters. The minimum Gasteiger partial charge on any atom is -0.497 e. The van der Waals surface area contributed by atoms with E-state index in [4.69, 9.17) is 4.74 Å². The highest BCUT2D eigenvalue weighted by Crippen LogP contribution is 2.42. The number of ether oxygens (including phenoxy) is 1. The second-order valence-electron chi connectivity index (χ2n) is 6.27. The normalized spacial score (nSPS) is 16.2. The SMILES string of the molecule is COc1ccc(CC(=O)NCC2(c3cccs3)CCCC2)cc1. The molecular formula is C19H23NO2S. The van der Waals surface area contributed by atoms with E-state index in [9.17, 15) is 4.79 Å². The second kappa shape index (κ2) is 7.18. The van der Waals surface area contributed by atoms with Gasteiger partial charge in [-0.1, -0.05) is 31.0 Å². The van der Waals surface area contributed by atoms with E-state index in [1.165, 1.54) is 30.6 Å². The Balaban J connectivity index is 1.59. The zero-order valence-electron chi connectivity index (χ0n) is 13.5. The number of hydrogen-bond acceptors (Lipinski definition) is 3. The zero-order valence-corrected chi connectivity index (χ0v) is 14.3. The van der Waals surface area contributed by atoms with Crippen molar-refractivity contribution >= 4 is 17.2 Å². The summed E-state index contributed by atoms with van der Waals surface area (Å²) in [5, 5.41) is 5.30. The smallest absolute Gasteiger partial charge is 0.224 e. The Bertz CT molecular complexity index is 628. The van der Waals surface area contributed by atoms with Crippen LogP contribution in [-0.2, 0) is 16.6 Å². The van der Waals surface area contributed by atoms with E-state index in [0.29, 0.717) is 6.42 Å². The molecule has 23 heavy (non-hydrogen) atoms. The number of thiophene rings is 1. The van der Waals surface area contributed by atoms with E-state index in [1.54, 1.807) is 7.11 Å². The van der Waals surface area contributed by atoms with Gasteiger partial charge in [0.2, 0.25) is 5.91 Å². The first-order chi connectivity index (χ1) is 11.2. The van der Waals surface area contributed by atoms with Gasteiger partial charge < -0.3 is 10.1 Å². The van der Waals surface area contributed by atoms with Gasteiger partial charge >= 0.3 is 0 Å². The lowest BCUT2D eigenvalue weighted by Gasteiger charge is -2.28. The summed E-state index contributed by atoms with van der Waals surface area (Å²) in [4.78, 5) is 13.7. The summed E-state index contributed by atoms with van der Waals surface area (Å²) in [6.45, 7) is 0.752. The van der Waals surface area contributed by atoms with Crippen molar-refractivity contribution < 1.29 is 9.53 Å². The molecule has 1 N–H and O–H groups in total. The quantitative estimate of drug-likeness (QED) is 0.872. The maximum atomic E-state index is 12.3. The van der Waals surface area contributed by atoms with Crippen molar-refractivity contribution in [1.82, 2.24) is 5.32 Å². The molecule has 1 saturated carbocycles. The van der Waals surface area contributed by atoms with Crippen molar-refractivity contribution in [2.75, 3.05) is 13.7 Å². The van der Waals surface area contributed by atoms with Crippen LogP contribution in [0, 0.1) is 0 Å². The molecule has 1 aromatic heterocycles. The van der Waals surface area contributed by atoms with E-state index in [-0.39, 0.29) is 11.3 Å². The van der Waals surface area contributed by atoms with Crippen LogP contribution in [0.25, 0.3) is 0 Å². The zero-order chi connectivity index (χ0) is 16.1. The third kappa shape index (κ3) is 3.75. The molecule has 1 heterocycles. The number of benzene rings is 1. The topological polar surface area (TPSA) is 38.3 Å². The molecule has 1 aromatic carbocycles. The van der Waals surface area contributed by atoms with Crippen molar-refractivity contribution in [3.05, 3.63) is 52.2 Å². The Kier molecular flexibility index (Phi) is 5.01. The Morgan fingerprint density at radius 1 is 1.22 bits per heavy atom. The van der Waals surface area contributed by atoms with Crippen molar-refractivity contribution in [3.8, 4) is 5.75 Å². The van der Waals surface area contributed by atoms with Crippen molar-refractivity contribution in [2.45, 2.75) is 37.5 Å². The van der Waals surface area contributed by atoms with Gasteiger partial charge in [-0.05, 0) is 42.0 Å². The average Bonchev–Trinajstić information content (AvgIpc) is 3.26. The standard InChI is InChI=1S/C19H23NO2S/c1-22-16-8-6-15(7-9-16)13-18(21)20-14-19(10-2-3-11-19)17-5-4-12-23-17/h4-9,12H,2-3,10-11,13-14H2,1H3,(H,20,21). The van der Waals surface area contributed by atoms with Crippen LogP contribution in [0.3, 0.4) is 0 Å². The highest BCUT2D eigenvalue weighted by Gasteiger charge is 2.36. The lowest BCUT2D eigenvalue weighted by atomic mass is 9.84. The first-order valence-electron chi connectivity index (χ1n) is 8.15. The van der Waals surface area contributed by atoms with Gasteiger partial charge in [-0.3, -0.25) is 4.79 Å². The summed E-state index contributed by atoms with van der Waals surface area (Å²) in [5.74, 6) is 0.912. The number of carbonyl (C=O) groups is 1. The molecule has 2 aromatic rings. The van der Waals surface area contributed by atoms with Crippen molar-refractivity contribution in [1.29, 1.82) is 0 Å². The van der Waals surface area contributed by atoms with Gasteiger partial charge in [0.25, 0.3) is 0 Å². The molecule has 3 nitrogen and oxygen atoms in total. The van der Waals surface area contributed by atoms with Crippen molar-refractivity contribution in [2.24, 2.45) is 0 Å². The summed E-state index contributed by atoms with van der Waals surface area (Å²) >= 11 is 1.81. The van der Waals surface area contributed by atoms with Crippen LogP contribution in [0.15, 0.2) is 41.8 Å². The first kappa shape index (κ1) is 16.1. The number of methoxy groups -OCH3 is 1. The Labute approximate surface area is 141 Å². The third-order valence-electron chi connectivity index (χ3n) is 4.75. The molecule has 1 aliphatic carbocycles. The number of nitrogens with one attached hydrogen (secondary N) is 1. The molecule has 0 spiro atoms. The molecule has 0 atom stereocenters. The molecule has 0 aliphatic heterocycles. The van der Waals surface area contributed by atoms with E-state index in [2.05, 4.69) is 22.8 Å². The van der Waals surface area contributed by atoms with Crippen LogP contribution >= 0.6 is 11.3 Å². The largest absolute Gasteiger partial charge is 0.497 e. The van der Waals surface area contributed by atoms with Gasteiger partial charge in [0.1, 0.15) is 5.75 Å². The maximum absolute atomic E-state index is 12.3.